The van der Waals surface area contributed by atoms with Gasteiger partial charge in [-0.2, -0.15) is 0 Å². The first kappa shape index (κ1) is 17.5. The minimum Gasteiger partial charge on any atom is -0.480 e. The molecule has 2 unspecified atom stereocenters. The Kier molecular flexibility index (Phi) is 4.65. The number of carboxylic acids is 1. The van der Waals surface area contributed by atoms with E-state index in [2.05, 4.69) is 5.32 Å². The lowest BCUT2D eigenvalue weighted by molar-refractivity contribution is -0.143. The summed E-state index contributed by atoms with van der Waals surface area (Å²) in [5.41, 5.74) is 5.54. The first-order chi connectivity index (χ1) is 12.3. The fourth-order valence-electron chi connectivity index (χ4n) is 2.88. The summed E-state index contributed by atoms with van der Waals surface area (Å²) in [6, 6.07) is 3.58. The Morgan fingerprint density at radius 2 is 2.04 bits per heavy atom. The number of ether oxygens (including phenoxy) is 2. The predicted octanol–water partition coefficient (Wildman–Crippen LogP) is -0.787. The van der Waals surface area contributed by atoms with Gasteiger partial charge in [0, 0.05) is 24.7 Å². The third kappa shape index (κ3) is 3.53. The van der Waals surface area contributed by atoms with Gasteiger partial charge in [0.2, 0.25) is 24.5 Å². The molecule has 2 aliphatic heterocycles. The molecule has 1 aromatic carbocycles. The fraction of sp³-hybridized carbons (Fsp3) is 0.375. The highest BCUT2D eigenvalue weighted by Gasteiger charge is 2.37. The average Bonchev–Trinajstić information content (AvgIpc) is 3.19. The summed E-state index contributed by atoms with van der Waals surface area (Å²) >= 11 is 0. The van der Waals surface area contributed by atoms with Crippen molar-refractivity contribution in [2.45, 2.75) is 18.9 Å². The molecule has 2 aliphatic rings. The van der Waals surface area contributed by atoms with Crippen LogP contribution in [0.2, 0.25) is 0 Å². The minimum absolute atomic E-state index is 0.0663. The van der Waals surface area contributed by atoms with Gasteiger partial charge >= 0.3 is 5.97 Å². The Hall–Kier alpha value is -3.30. The van der Waals surface area contributed by atoms with Gasteiger partial charge in [0.25, 0.3) is 0 Å². The Morgan fingerprint density at radius 1 is 1.31 bits per heavy atom. The Balaban J connectivity index is 1.68. The van der Waals surface area contributed by atoms with E-state index in [0.717, 1.165) is 0 Å². The summed E-state index contributed by atoms with van der Waals surface area (Å²) < 4.78 is 10.5. The van der Waals surface area contributed by atoms with Gasteiger partial charge in [-0.05, 0) is 12.1 Å². The topological polar surface area (TPSA) is 148 Å². The molecule has 2 atom stereocenters. The van der Waals surface area contributed by atoms with Crippen molar-refractivity contribution < 1.29 is 33.8 Å². The zero-order chi connectivity index (χ0) is 18.8. The second-order valence-corrected chi connectivity index (χ2v) is 6.01. The fourth-order valence-corrected chi connectivity index (χ4v) is 2.88. The van der Waals surface area contributed by atoms with E-state index in [-0.39, 0.29) is 25.7 Å². The molecule has 26 heavy (non-hydrogen) atoms. The molecule has 1 fully saturated rings. The molecular formula is C16H17N3O7. The molecule has 0 aromatic heterocycles. The van der Waals surface area contributed by atoms with Crippen LogP contribution in [0.5, 0.6) is 11.5 Å². The molecule has 0 saturated carbocycles. The molecule has 3 amide bonds. The van der Waals surface area contributed by atoms with Gasteiger partial charge in [0.15, 0.2) is 11.5 Å². The molecule has 0 spiro atoms. The standard InChI is InChI=1S/C16H17N3O7/c17-13(20)5-10(16(23)24)18-15(22)8-3-14(21)19(6-8)9-1-2-11-12(4-9)26-7-25-11/h1-2,4,8,10H,3,5-7H2,(H2,17,20)(H,18,22)(H,23,24). The second-order valence-electron chi connectivity index (χ2n) is 6.01. The van der Waals surface area contributed by atoms with Crippen molar-refractivity contribution in [3.05, 3.63) is 18.2 Å². The summed E-state index contributed by atoms with van der Waals surface area (Å²) in [6.45, 7) is 0.196. The minimum atomic E-state index is -1.42. The third-order valence-corrected chi connectivity index (χ3v) is 4.18. The van der Waals surface area contributed by atoms with Crippen molar-refractivity contribution in [1.82, 2.24) is 5.32 Å². The first-order valence-electron chi connectivity index (χ1n) is 7.86. The predicted molar refractivity (Wildman–Crippen MR) is 86.4 cm³/mol. The zero-order valence-electron chi connectivity index (χ0n) is 13.6. The van der Waals surface area contributed by atoms with Crippen molar-refractivity contribution in [2.75, 3.05) is 18.2 Å². The number of carbonyl (C=O) groups excluding carboxylic acids is 3. The van der Waals surface area contributed by atoms with Gasteiger partial charge in [-0.1, -0.05) is 0 Å². The van der Waals surface area contributed by atoms with Crippen LogP contribution in [0.15, 0.2) is 18.2 Å². The van der Waals surface area contributed by atoms with E-state index in [0.29, 0.717) is 17.2 Å². The van der Waals surface area contributed by atoms with E-state index in [1.807, 2.05) is 0 Å². The largest absolute Gasteiger partial charge is 0.480 e. The highest BCUT2D eigenvalue weighted by atomic mass is 16.7. The number of nitrogens with one attached hydrogen (secondary N) is 1. The molecule has 0 radical (unpaired) electrons. The highest BCUT2D eigenvalue weighted by molar-refractivity contribution is 6.01. The number of nitrogens with two attached hydrogens (primary N) is 1. The van der Waals surface area contributed by atoms with Crippen molar-refractivity contribution in [1.29, 1.82) is 0 Å². The molecule has 0 aliphatic carbocycles. The van der Waals surface area contributed by atoms with Crippen molar-refractivity contribution in [3.8, 4) is 11.5 Å². The number of benzene rings is 1. The molecular weight excluding hydrogens is 346 g/mol. The van der Waals surface area contributed by atoms with Gasteiger partial charge in [0.1, 0.15) is 6.04 Å². The number of fused-ring (bicyclic) bond motifs is 1. The van der Waals surface area contributed by atoms with Crippen LogP contribution in [0.3, 0.4) is 0 Å². The number of anilines is 1. The van der Waals surface area contributed by atoms with Gasteiger partial charge in [-0.3, -0.25) is 14.4 Å². The molecule has 3 rings (SSSR count). The van der Waals surface area contributed by atoms with Crippen molar-refractivity contribution in [3.63, 3.8) is 0 Å². The SMILES string of the molecule is NC(=O)CC(NC(=O)C1CC(=O)N(c2ccc3c(c2)OCO3)C1)C(=O)O. The van der Waals surface area contributed by atoms with Gasteiger partial charge in [-0.25, -0.2) is 4.79 Å². The Bertz CT molecular complexity index is 779. The van der Waals surface area contributed by atoms with E-state index >= 15 is 0 Å². The van der Waals surface area contributed by atoms with Crippen LogP contribution >= 0.6 is 0 Å². The first-order valence-corrected chi connectivity index (χ1v) is 7.86. The van der Waals surface area contributed by atoms with E-state index in [1.165, 1.54) is 4.90 Å². The Morgan fingerprint density at radius 3 is 2.73 bits per heavy atom. The number of carbonyl (C=O) groups is 4. The summed E-state index contributed by atoms with van der Waals surface area (Å²) in [6.07, 6.45) is -0.587. The number of nitrogens with zero attached hydrogens (tertiary/aromatic N) is 1. The maximum atomic E-state index is 12.3. The summed E-state index contributed by atoms with van der Waals surface area (Å²) in [5, 5.41) is 11.3. The molecule has 10 heteroatoms. The number of primary amides is 1. The Labute approximate surface area is 147 Å². The van der Waals surface area contributed by atoms with Crippen LogP contribution in [0.4, 0.5) is 5.69 Å². The van der Waals surface area contributed by atoms with Gasteiger partial charge in [0.05, 0.1) is 12.3 Å². The van der Waals surface area contributed by atoms with E-state index in [9.17, 15) is 19.2 Å². The van der Waals surface area contributed by atoms with Crippen LogP contribution in [0.1, 0.15) is 12.8 Å². The van der Waals surface area contributed by atoms with Gasteiger partial charge in [-0.15, -0.1) is 0 Å². The number of rotatable bonds is 6. The molecule has 0 bridgehead atoms. The van der Waals surface area contributed by atoms with Crippen LogP contribution < -0.4 is 25.4 Å². The quantitative estimate of drug-likeness (QED) is 0.600. The summed E-state index contributed by atoms with van der Waals surface area (Å²) in [5.74, 6) is -2.75. The second kappa shape index (κ2) is 6.90. The van der Waals surface area contributed by atoms with E-state index in [1.54, 1.807) is 18.2 Å². The van der Waals surface area contributed by atoms with Crippen LogP contribution in [0.25, 0.3) is 0 Å². The lowest BCUT2D eigenvalue weighted by atomic mass is 10.1. The smallest absolute Gasteiger partial charge is 0.326 e. The molecule has 1 saturated heterocycles. The monoisotopic (exact) mass is 363 g/mol. The number of hydrogen-bond donors (Lipinski definition) is 3. The number of carboxylic acid groups (broad SMARTS) is 1. The zero-order valence-corrected chi connectivity index (χ0v) is 13.6. The third-order valence-electron chi connectivity index (χ3n) is 4.18. The summed E-state index contributed by atoms with van der Waals surface area (Å²) in [4.78, 5) is 48.0. The van der Waals surface area contributed by atoms with Crippen molar-refractivity contribution >= 4 is 29.4 Å². The molecule has 2 heterocycles. The number of hydrogen-bond acceptors (Lipinski definition) is 6. The molecule has 10 nitrogen and oxygen atoms in total. The summed E-state index contributed by atoms with van der Waals surface area (Å²) in [7, 11) is 0. The molecule has 4 N–H and O–H groups in total. The highest BCUT2D eigenvalue weighted by Crippen LogP contribution is 2.37. The average molecular weight is 363 g/mol. The van der Waals surface area contributed by atoms with Crippen LogP contribution in [-0.4, -0.2) is 48.2 Å². The van der Waals surface area contributed by atoms with Gasteiger partial charge < -0.3 is 30.5 Å². The maximum absolute atomic E-state index is 12.3. The van der Waals surface area contributed by atoms with Crippen LogP contribution in [-0.2, 0) is 19.2 Å². The normalized spacial score (nSPS) is 19.3. The lowest BCUT2D eigenvalue weighted by Crippen LogP contribution is -2.46. The maximum Gasteiger partial charge on any atom is 0.326 e. The molecule has 138 valence electrons. The number of amides is 3. The van der Waals surface area contributed by atoms with E-state index in [4.69, 9.17) is 20.3 Å². The van der Waals surface area contributed by atoms with Crippen LogP contribution in [0, 0.1) is 5.92 Å². The van der Waals surface area contributed by atoms with Crippen molar-refractivity contribution in [2.24, 2.45) is 11.7 Å². The lowest BCUT2D eigenvalue weighted by Gasteiger charge is -2.18. The molecule has 1 aromatic rings. The van der Waals surface area contributed by atoms with E-state index < -0.39 is 36.2 Å². The number of aliphatic carboxylic acids is 1.